The van der Waals surface area contributed by atoms with Crippen molar-refractivity contribution in [1.29, 1.82) is 0 Å². The van der Waals surface area contributed by atoms with Crippen molar-refractivity contribution in [1.82, 2.24) is 9.46 Å². The molecule has 130 valence electrons. The van der Waals surface area contributed by atoms with Crippen molar-refractivity contribution in [3.05, 3.63) is 59.8 Å². The number of rotatable bonds is 4. The van der Waals surface area contributed by atoms with Crippen molar-refractivity contribution in [3.63, 3.8) is 0 Å². The Labute approximate surface area is 150 Å². The van der Waals surface area contributed by atoms with E-state index in [0.29, 0.717) is 23.1 Å². The van der Waals surface area contributed by atoms with Gasteiger partial charge in [0.05, 0.1) is 10.6 Å². The Bertz CT molecular complexity index is 977. The van der Waals surface area contributed by atoms with Gasteiger partial charge in [0.1, 0.15) is 4.21 Å². The number of aromatic nitrogens is 1. The van der Waals surface area contributed by atoms with Crippen LogP contribution >= 0.6 is 11.3 Å². The van der Waals surface area contributed by atoms with Gasteiger partial charge in [-0.05, 0) is 37.0 Å². The normalized spacial score (nSPS) is 18.7. The van der Waals surface area contributed by atoms with Gasteiger partial charge in [0.2, 0.25) is 0 Å². The standard InChI is InChI=1S/C18H18N2O3S2/c1-13-11-16(23-19-13)17-7-8-18(24-17)25(21,22)20-10-9-15(12-20)14-5-3-2-4-6-14/h2-8,11,15H,9-10,12H2,1H3/t15-/m0/s1. The topological polar surface area (TPSA) is 63.4 Å². The number of hydrogen-bond acceptors (Lipinski definition) is 5. The van der Waals surface area contributed by atoms with E-state index in [-0.39, 0.29) is 5.92 Å². The molecule has 0 radical (unpaired) electrons. The first-order valence-corrected chi connectivity index (χ1v) is 10.4. The fourth-order valence-corrected chi connectivity index (χ4v) is 6.05. The van der Waals surface area contributed by atoms with E-state index in [4.69, 9.17) is 4.52 Å². The van der Waals surface area contributed by atoms with Crippen LogP contribution in [-0.4, -0.2) is 31.0 Å². The van der Waals surface area contributed by atoms with Gasteiger partial charge >= 0.3 is 0 Å². The molecule has 0 saturated carbocycles. The van der Waals surface area contributed by atoms with Gasteiger partial charge in [-0.25, -0.2) is 8.42 Å². The number of aryl methyl sites for hydroxylation is 1. The summed E-state index contributed by atoms with van der Waals surface area (Å²) in [6, 6.07) is 15.3. The smallest absolute Gasteiger partial charge is 0.252 e. The molecule has 5 nitrogen and oxygen atoms in total. The molecule has 25 heavy (non-hydrogen) atoms. The molecule has 1 saturated heterocycles. The molecule has 1 aliphatic heterocycles. The SMILES string of the molecule is Cc1cc(-c2ccc(S(=O)(=O)N3CC[C@H](c4ccccc4)C3)s2)on1. The van der Waals surface area contributed by atoms with Crippen LogP contribution in [0.3, 0.4) is 0 Å². The summed E-state index contributed by atoms with van der Waals surface area (Å²) in [7, 11) is -3.47. The second-order valence-corrected chi connectivity index (χ2v) is 9.46. The summed E-state index contributed by atoms with van der Waals surface area (Å²) >= 11 is 1.23. The van der Waals surface area contributed by atoms with Crippen molar-refractivity contribution >= 4 is 21.4 Å². The van der Waals surface area contributed by atoms with Crippen LogP contribution < -0.4 is 0 Å². The lowest BCUT2D eigenvalue weighted by molar-refractivity contribution is 0.428. The van der Waals surface area contributed by atoms with E-state index in [1.165, 1.54) is 16.9 Å². The highest BCUT2D eigenvalue weighted by Crippen LogP contribution is 2.36. The number of nitrogens with zero attached hydrogens (tertiary/aromatic N) is 2. The lowest BCUT2D eigenvalue weighted by Crippen LogP contribution is -2.28. The van der Waals surface area contributed by atoms with Crippen LogP contribution in [0.25, 0.3) is 10.6 Å². The zero-order valence-corrected chi connectivity index (χ0v) is 15.4. The minimum absolute atomic E-state index is 0.257. The van der Waals surface area contributed by atoms with Gasteiger partial charge in [0, 0.05) is 19.2 Å². The van der Waals surface area contributed by atoms with E-state index < -0.39 is 10.0 Å². The number of thiophene rings is 1. The lowest BCUT2D eigenvalue weighted by Gasteiger charge is -2.15. The Kier molecular flexibility index (Phi) is 4.23. The zero-order chi connectivity index (χ0) is 17.4. The average molecular weight is 374 g/mol. The quantitative estimate of drug-likeness (QED) is 0.695. The Balaban J connectivity index is 1.55. The van der Waals surface area contributed by atoms with Crippen LogP contribution in [0.1, 0.15) is 23.6 Å². The summed E-state index contributed by atoms with van der Waals surface area (Å²) in [5, 5.41) is 3.86. The molecule has 0 N–H and O–H groups in total. The van der Waals surface area contributed by atoms with Crippen LogP contribution in [0.5, 0.6) is 0 Å². The van der Waals surface area contributed by atoms with Gasteiger partial charge in [-0.15, -0.1) is 11.3 Å². The minimum Gasteiger partial charge on any atom is -0.355 e. The monoisotopic (exact) mass is 374 g/mol. The number of benzene rings is 1. The largest absolute Gasteiger partial charge is 0.355 e. The number of hydrogen-bond donors (Lipinski definition) is 0. The molecule has 1 fully saturated rings. The first-order valence-electron chi connectivity index (χ1n) is 8.12. The Morgan fingerprint density at radius 1 is 1.20 bits per heavy atom. The molecule has 3 heterocycles. The molecule has 1 atom stereocenters. The van der Waals surface area contributed by atoms with E-state index in [9.17, 15) is 8.42 Å². The zero-order valence-electron chi connectivity index (χ0n) is 13.8. The van der Waals surface area contributed by atoms with Crippen molar-refractivity contribution in [2.45, 2.75) is 23.5 Å². The third kappa shape index (κ3) is 3.15. The van der Waals surface area contributed by atoms with E-state index in [1.807, 2.05) is 31.2 Å². The van der Waals surface area contributed by atoms with Gasteiger partial charge in [-0.2, -0.15) is 4.31 Å². The molecule has 1 aromatic carbocycles. The van der Waals surface area contributed by atoms with Crippen LogP contribution in [0.4, 0.5) is 0 Å². The van der Waals surface area contributed by atoms with Crippen molar-refractivity contribution < 1.29 is 12.9 Å². The summed E-state index contributed by atoms with van der Waals surface area (Å²) in [6.45, 7) is 2.92. The van der Waals surface area contributed by atoms with E-state index in [1.54, 1.807) is 16.4 Å². The predicted octanol–water partition coefficient (Wildman–Crippen LogP) is 3.89. The summed E-state index contributed by atoms with van der Waals surface area (Å²) in [4.78, 5) is 0.776. The highest BCUT2D eigenvalue weighted by molar-refractivity contribution is 7.91. The number of sulfonamides is 1. The Hall–Kier alpha value is -1.96. The first-order chi connectivity index (χ1) is 12.0. The molecule has 0 spiro atoms. The van der Waals surface area contributed by atoms with Crippen LogP contribution in [0.2, 0.25) is 0 Å². The molecule has 2 aromatic heterocycles. The molecule has 0 unspecified atom stereocenters. The van der Waals surface area contributed by atoms with Gasteiger partial charge in [-0.1, -0.05) is 35.5 Å². The third-order valence-electron chi connectivity index (χ3n) is 4.47. The summed E-state index contributed by atoms with van der Waals surface area (Å²) < 4.78 is 33.1. The summed E-state index contributed by atoms with van der Waals surface area (Å²) in [6.07, 6.45) is 0.850. The van der Waals surface area contributed by atoms with Gasteiger partial charge in [-0.3, -0.25) is 0 Å². The average Bonchev–Trinajstić information content (AvgIpc) is 3.35. The fourth-order valence-electron chi connectivity index (χ4n) is 3.14. The van der Waals surface area contributed by atoms with E-state index in [0.717, 1.165) is 17.0 Å². The maximum absolute atomic E-state index is 13.0. The van der Waals surface area contributed by atoms with Crippen molar-refractivity contribution in [2.75, 3.05) is 13.1 Å². The first kappa shape index (κ1) is 16.5. The van der Waals surface area contributed by atoms with Gasteiger partial charge in [0.25, 0.3) is 10.0 Å². The van der Waals surface area contributed by atoms with E-state index in [2.05, 4.69) is 17.3 Å². The molecular formula is C18H18N2O3S2. The predicted molar refractivity (Wildman–Crippen MR) is 97.1 cm³/mol. The maximum Gasteiger partial charge on any atom is 0.252 e. The molecule has 0 aliphatic carbocycles. The third-order valence-corrected chi connectivity index (χ3v) is 7.90. The Morgan fingerprint density at radius 2 is 2.00 bits per heavy atom. The molecular weight excluding hydrogens is 356 g/mol. The highest BCUT2D eigenvalue weighted by atomic mass is 32.2. The lowest BCUT2D eigenvalue weighted by atomic mass is 9.99. The molecule has 4 rings (SSSR count). The molecule has 0 amide bonds. The fraction of sp³-hybridized carbons (Fsp3) is 0.278. The van der Waals surface area contributed by atoms with Gasteiger partial charge in [0.15, 0.2) is 5.76 Å². The maximum atomic E-state index is 13.0. The summed E-state index contributed by atoms with van der Waals surface area (Å²) in [5.41, 5.74) is 1.97. The highest BCUT2D eigenvalue weighted by Gasteiger charge is 2.34. The molecule has 3 aromatic rings. The second kappa shape index (κ2) is 6.40. The van der Waals surface area contributed by atoms with Crippen molar-refractivity contribution in [3.8, 4) is 10.6 Å². The minimum atomic E-state index is -3.47. The molecule has 1 aliphatic rings. The van der Waals surface area contributed by atoms with Crippen molar-refractivity contribution in [2.24, 2.45) is 0 Å². The molecule has 0 bridgehead atoms. The van der Waals surface area contributed by atoms with Crippen LogP contribution in [-0.2, 0) is 10.0 Å². The molecule has 7 heteroatoms. The second-order valence-electron chi connectivity index (χ2n) is 6.21. The summed E-state index contributed by atoms with van der Waals surface area (Å²) in [5.74, 6) is 0.861. The van der Waals surface area contributed by atoms with Gasteiger partial charge < -0.3 is 4.52 Å². The van der Waals surface area contributed by atoms with Crippen LogP contribution in [0.15, 0.2) is 57.3 Å². The Morgan fingerprint density at radius 3 is 2.72 bits per heavy atom. The van der Waals surface area contributed by atoms with Crippen LogP contribution in [0, 0.1) is 6.92 Å². The van der Waals surface area contributed by atoms with E-state index >= 15 is 0 Å².